The van der Waals surface area contributed by atoms with Crippen LogP contribution in [0.15, 0.2) is 206 Å². The van der Waals surface area contributed by atoms with Crippen LogP contribution >= 0.6 is 0 Å². The molecule has 0 unspecified atom stereocenters. The molecule has 1 fully saturated rings. The topological polar surface area (TPSA) is 6.48 Å². The van der Waals surface area contributed by atoms with Crippen LogP contribution < -0.4 is 9.80 Å². The molecule has 0 bridgehead atoms. The Morgan fingerprint density at radius 3 is 1.36 bits per heavy atom. The van der Waals surface area contributed by atoms with Gasteiger partial charge in [0.25, 0.3) is 0 Å². The summed E-state index contributed by atoms with van der Waals surface area (Å²) in [6.07, 6.45) is 2.33. The van der Waals surface area contributed by atoms with Gasteiger partial charge in [-0.1, -0.05) is 140 Å². The second-order valence-corrected chi connectivity index (χ2v) is 14.9. The van der Waals surface area contributed by atoms with Gasteiger partial charge in [0.15, 0.2) is 0 Å². The summed E-state index contributed by atoms with van der Waals surface area (Å²) in [6.45, 7) is 0. The Balaban J connectivity index is 1.07. The molecule has 260 valence electrons. The van der Waals surface area contributed by atoms with Gasteiger partial charge in [-0.05, 0) is 124 Å². The molecule has 0 aromatic heterocycles. The lowest BCUT2D eigenvalue weighted by molar-refractivity contribution is 0.853. The van der Waals surface area contributed by atoms with Gasteiger partial charge in [0.2, 0.25) is 0 Å². The zero-order valence-electron chi connectivity index (χ0n) is 30.4. The van der Waals surface area contributed by atoms with Crippen molar-refractivity contribution in [3.05, 3.63) is 217 Å². The summed E-state index contributed by atoms with van der Waals surface area (Å²) in [5, 5.41) is 5.18. The second-order valence-electron chi connectivity index (χ2n) is 14.9. The standard InChI is InChI=1S/C53H38N2/c1-5-16-38(17-6-1)54(39-18-7-2-8-19-39)50-32-30-42(43-24-13-14-25-45(43)50)37-28-29-44-46-26-15-27-47-51(33-31-48(52(46)47)53(34-35-53)49(44)36-37)55(40-20-9-3-10-21-40)41-22-11-4-12-23-41/h1-33,36H,34-35H2. The third-order valence-electron chi connectivity index (χ3n) is 11.9. The smallest absolute Gasteiger partial charge is 0.0540 e. The van der Waals surface area contributed by atoms with Crippen LogP contribution in [0.25, 0.3) is 43.8 Å². The highest BCUT2D eigenvalue weighted by Crippen LogP contribution is 2.62. The number of rotatable bonds is 7. The number of hydrogen-bond acceptors (Lipinski definition) is 2. The molecule has 0 amide bonds. The molecule has 2 heteroatoms. The van der Waals surface area contributed by atoms with E-state index in [1.807, 2.05) is 0 Å². The molecule has 55 heavy (non-hydrogen) atoms. The minimum atomic E-state index is 0.0218. The first-order valence-corrected chi connectivity index (χ1v) is 19.3. The maximum atomic E-state index is 2.52. The lowest BCUT2D eigenvalue weighted by Crippen LogP contribution is -2.17. The number of nitrogens with zero attached hydrogens (tertiary/aromatic N) is 2. The van der Waals surface area contributed by atoms with Gasteiger partial charge in [-0.2, -0.15) is 0 Å². The van der Waals surface area contributed by atoms with Crippen LogP contribution in [-0.4, -0.2) is 0 Å². The molecule has 2 aliphatic rings. The van der Waals surface area contributed by atoms with Crippen LogP contribution in [0, 0.1) is 0 Å². The van der Waals surface area contributed by atoms with Crippen molar-refractivity contribution < 1.29 is 0 Å². The second kappa shape index (κ2) is 12.6. The summed E-state index contributed by atoms with van der Waals surface area (Å²) in [5.74, 6) is 0. The van der Waals surface area contributed by atoms with Gasteiger partial charge in [0.1, 0.15) is 0 Å². The summed E-state index contributed by atoms with van der Waals surface area (Å²) in [6, 6.07) is 75.5. The summed E-state index contributed by atoms with van der Waals surface area (Å²) in [7, 11) is 0. The molecular weight excluding hydrogens is 665 g/mol. The minimum Gasteiger partial charge on any atom is -0.310 e. The number of anilines is 6. The highest BCUT2D eigenvalue weighted by molar-refractivity contribution is 6.11. The van der Waals surface area contributed by atoms with Crippen molar-refractivity contribution in [1.29, 1.82) is 0 Å². The van der Waals surface area contributed by atoms with E-state index in [9.17, 15) is 0 Å². The molecular formula is C53H38N2. The normalized spacial score (nSPS) is 13.5. The highest BCUT2D eigenvalue weighted by Gasteiger charge is 2.50. The van der Waals surface area contributed by atoms with E-state index in [0.29, 0.717) is 0 Å². The van der Waals surface area contributed by atoms with E-state index in [2.05, 4.69) is 216 Å². The zero-order valence-corrected chi connectivity index (χ0v) is 30.4. The van der Waals surface area contributed by atoms with Crippen molar-refractivity contribution in [1.82, 2.24) is 0 Å². The molecule has 0 heterocycles. The molecule has 0 saturated heterocycles. The van der Waals surface area contributed by atoms with Crippen LogP contribution in [-0.2, 0) is 5.41 Å². The van der Waals surface area contributed by atoms with Crippen LogP contribution in [0.1, 0.15) is 24.0 Å². The van der Waals surface area contributed by atoms with Crippen molar-refractivity contribution in [3.8, 4) is 22.3 Å². The van der Waals surface area contributed by atoms with E-state index in [1.54, 1.807) is 0 Å². The van der Waals surface area contributed by atoms with Gasteiger partial charge in [0, 0.05) is 38.9 Å². The Hall–Kier alpha value is -6.90. The summed E-state index contributed by atoms with van der Waals surface area (Å²) in [4.78, 5) is 4.79. The lowest BCUT2D eigenvalue weighted by Gasteiger charge is -2.33. The molecule has 11 rings (SSSR count). The number of fused-ring (bicyclic) bond motifs is 5. The predicted molar refractivity (Wildman–Crippen MR) is 232 cm³/mol. The summed E-state index contributed by atoms with van der Waals surface area (Å²) >= 11 is 0. The van der Waals surface area contributed by atoms with Gasteiger partial charge in [-0.25, -0.2) is 0 Å². The molecule has 1 spiro atoms. The predicted octanol–water partition coefficient (Wildman–Crippen LogP) is 14.7. The fourth-order valence-electron chi connectivity index (χ4n) is 9.25. The maximum absolute atomic E-state index is 2.52. The molecule has 2 nitrogen and oxygen atoms in total. The third-order valence-corrected chi connectivity index (χ3v) is 11.9. The number of hydrogen-bond donors (Lipinski definition) is 0. The quantitative estimate of drug-likeness (QED) is 0.163. The van der Waals surface area contributed by atoms with Gasteiger partial charge >= 0.3 is 0 Å². The first kappa shape index (κ1) is 31.6. The molecule has 0 aliphatic heterocycles. The van der Waals surface area contributed by atoms with Crippen LogP contribution in [0.3, 0.4) is 0 Å². The first-order chi connectivity index (χ1) is 27.3. The van der Waals surface area contributed by atoms with E-state index >= 15 is 0 Å². The largest absolute Gasteiger partial charge is 0.310 e. The molecule has 0 N–H and O–H groups in total. The van der Waals surface area contributed by atoms with Crippen molar-refractivity contribution in [3.63, 3.8) is 0 Å². The van der Waals surface area contributed by atoms with E-state index in [4.69, 9.17) is 0 Å². The molecule has 0 atom stereocenters. The lowest BCUT2D eigenvalue weighted by atomic mass is 9.73. The van der Waals surface area contributed by atoms with Crippen molar-refractivity contribution in [2.75, 3.05) is 9.80 Å². The highest BCUT2D eigenvalue weighted by atomic mass is 15.1. The van der Waals surface area contributed by atoms with E-state index in [1.165, 1.54) is 66.3 Å². The Morgan fingerprint density at radius 1 is 0.327 bits per heavy atom. The minimum absolute atomic E-state index is 0.0218. The average Bonchev–Trinajstić information content (AvgIpc) is 4.06. The Morgan fingerprint density at radius 2 is 0.800 bits per heavy atom. The van der Waals surface area contributed by atoms with Gasteiger partial charge in [-0.15, -0.1) is 0 Å². The van der Waals surface area contributed by atoms with Crippen LogP contribution in [0.5, 0.6) is 0 Å². The van der Waals surface area contributed by atoms with Gasteiger partial charge < -0.3 is 9.80 Å². The van der Waals surface area contributed by atoms with Crippen LogP contribution in [0.4, 0.5) is 34.1 Å². The Labute approximate surface area is 322 Å². The van der Waals surface area contributed by atoms with Crippen LogP contribution in [0.2, 0.25) is 0 Å². The fraction of sp³-hybridized carbons (Fsp3) is 0.0566. The van der Waals surface area contributed by atoms with E-state index in [0.717, 1.165) is 35.6 Å². The molecule has 9 aromatic carbocycles. The summed E-state index contributed by atoms with van der Waals surface area (Å²) < 4.78 is 0. The van der Waals surface area contributed by atoms with Crippen molar-refractivity contribution >= 4 is 55.7 Å². The molecule has 2 aliphatic carbocycles. The number of para-hydroxylation sites is 4. The van der Waals surface area contributed by atoms with E-state index < -0.39 is 0 Å². The summed E-state index contributed by atoms with van der Waals surface area (Å²) in [5.41, 5.74) is 15.2. The maximum Gasteiger partial charge on any atom is 0.0540 e. The monoisotopic (exact) mass is 702 g/mol. The molecule has 9 aromatic rings. The number of benzene rings is 9. The first-order valence-electron chi connectivity index (χ1n) is 19.3. The third kappa shape index (κ3) is 5.02. The van der Waals surface area contributed by atoms with Gasteiger partial charge in [-0.3, -0.25) is 0 Å². The van der Waals surface area contributed by atoms with Gasteiger partial charge in [0.05, 0.1) is 11.4 Å². The average molecular weight is 703 g/mol. The molecule has 0 radical (unpaired) electrons. The van der Waals surface area contributed by atoms with Crippen molar-refractivity contribution in [2.45, 2.75) is 18.3 Å². The molecule has 1 saturated carbocycles. The van der Waals surface area contributed by atoms with Crippen molar-refractivity contribution in [2.24, 2.45) is 0 Å². The Bertz CT molecular complexity index is 2780. The fourth-order valence-corrected chi connectivity index (χ4v) is 9.25. The SMILES string of the molecule is c1ccc(N(c2ccccc2)c2ccc(-c3ccc4c(c3)C3(CC3)c3ccc(N(c5ccccc5)c5ccccc5)c5cccc-4c35)c3ccccc23)cc1. The van der Waals surface area contributed by atoms with E-state index in [-0.39, 0.29) is 5.41 Å². The Kier molecular flexibility index (Phi) is 7.25. The zero-order chi connectivity index (χ0) is 36.3.